The van der Waals surface area contributed by atoms with E-state index in [-0.39, 0.29) is 26.9 Å². The Morgan fingerprint density at radius 2 is 2.06 bits per heavy atom. The van der Waals surface area contributed by atoms with Gasteiger partial charge in [0.05, 0.1) is 23.3 Å². The van der Waals surface area contributed by atoms with E-state index in [1.807, 2.05) is 0 Å². The predicted octanol–water partition coefficient (Wildman–Crippen LogP) is 6.21. The van der Waals surface area contributed by atoms with Crippen LogP contribution in [0.2, 0.25) is 10.0 Å². The van der Waals surface area contributed by atoms with Crippen LogP contribution in [0.5, 0.6) is 5.75 Å². The number of fused-ring (bicyclic) bond motifs is 1. The zero-order chi connectivity index (χ0) is 22.9. The molecule has 5 nitrogen and oxygen atoms in total. The van der Waals surface area contributed by atoms with Crippen molar-refractivity contribution in [3.63, 3.8) is 0 Å². The molecule has 1 aromatic carbocycles. The lowest BCUT2D eigenvalue weighted by atomic mass is 9.72. The molecule has 0 fully saturated rings. The highest BCUT2D eigenvalue weighted by molar-refractivity contribution is 7.80. The maximum absolute atomic E-state index is 12.7. The third-order valence-corrected chi connectivity index (χ3v) is 7.39. The van der Waals surface area contributed by atoms with Crippen LogP contribution in [0.4, 0.5) is 5.00 Å². The Labute approximate surface area is 201 Å². The monoisotopic (exact) mass is 495 g/mol. The molecule has 2 N–H and O–H groups in total. The van der Waals surface area contributed by atoms with Gasteiger partial charge in [-0.15, -0.1) is 11.3 Å². The number of halogens is 2. The van der Waals surface area contributed by atoms with Crippen molar-refractivity contribution in [1.82, 2.24) is 5.32 Å². The van der Waals surface area contributed by atoms with Gasteiger partial charge >= 0.3 is 0 Å². The molecule has 0 aliphatic heterocycles. The van der Waals surface area contributed by atoms with Gasteiger partial charge in [-0.3, -0.25) is 10.1 Å². The second kappa shape index (κ2) is 9.33. The van der Waals surface area contributed by atoms with Gasteiger partial charge in [-0.25, -0.2) is 0 Å². The Hall–Kier alpha value is -1.85. The maximum Gasteiger partial charge on any atom is 0.261 e. The molecule has 2 aromatic rings. The van der Waals surface area contributed by atoms with E-state index in [1.54, 1.807) is 0 Å². The van der Waals surface area contributed by atoms with Gasteiger partial charge < -0.3 is 10.1 Å². The number of benzene rings is 1. The molecule has 1 atom stereocenters. The van der Waals surface area contributed by atoms with Gasteiger partial charge in [0.25, 0.3) is 5.91 Å². The molecule has 1 amide bonds. The van der Waals surface area contributed by atoms with Gasteiger partial charge in [-0.1, -0.05) is 44.0 Å². The summed E-state index contributed by atoms with van der Waals surface area (Å²) in [6.45, 7) is 6.75. The summed E-state index contributed by atoms with van der Waals surface area (Å²) in [6.07, 6.45) is 2.87. The summed E-state index contributed by atoms with van der Waals surface area (Å²) >= 11 is 19.0. The number of nitrogens with one attached hydrogen (secondary N) is 2. The van der Waals surface area contributed by atoms with Crippen LogP contribution in [0.3, 0.4) is 0 Å². The highest BCUT2D eigenvalue weighted by atomic mass is 35.5. The lowest BCUT2D eigenvalue weighted by Crippen LogP contribution is -2.34. The molecule has 3 rings (SSSR count). The Balaban J connectivity index is 1.79. The molecule has 0 radical (unpaired) electrons. The first-order valence-electron chi connectivity index (χ1n) is 9.75. The molecular formula is C22H23Cl2N3O2S2. The zero-order valence-corrected chi connectivity index (χ0v) is 20.8. The van der Waals surface area contributed by atoms with Crippen LogP contribution in [0.1, 0.15) is 53.6 Å². The number of thiophene rings is 1. The number of amides is 1. The lowest BCUT2D eigenvalue weighted by molar-refractivity contribution is 0.0974. The van der Waals surface area contributed by atoms with Crippen molar-refractivity contribution < 1.29 is 9.53 Å². The molecule has 1 aromatic heterocycles. The Morgan fingerprint density at radius 3 is 2.68 bits per heavy atom. The van der Waals surface area contributed by atoms with Crippen LogP contribution in [0.25, 0.3) is 0 Å². The minimum Gasteiger partial charge on any atom is -0.494 e. The molecular weight excluding hydrogens is 473 g/mol. The third-order valence-electron chi connectivity index (χ3n) is 5.51. The topological polar surface area (TPSA) is 74.2 Å². The largest absolute Gasteiger partial charge is 0.494 e. The second-order valence-corrected chi connectivity index (χ2v) is 10.9. The van der Waals surface area contributed by atoms with E-state index in [2.05, 4.69) is 37.5 Å². The number of nitriles is 1. The van der Waals surface area contributed by atoms with Gasteiger partial charge in [0.2, 0.25) is 0 Å². The molecule has 0 saturated heterocycles. The molecule has 0 bridgehead atoms. The Bertz CT molecular complexity index is 1080. The molecule has 9 heteroatoms. The molecule has 1 aliphatic carbocycles. The maximum atomic E-state index is 12.7. The summed E-state index contributed by atoms with van der Waals surface area (Å²) in [5.41, 5.74) is 2.08. The molecule has 1 aliphatic rings. The van der Waals surface area contributed by atoms with E-state index < -0.39 is 5.91 Å². The number of hydrogen-bond donors (Lipinski definition) is 2. The minimum atomic E-state index is -0.508. The van der Waals surface area contributed by atoms with E-state index >= 15 is 0 Å². The molecule has 1 unspecified atom stereocenters. The van der Waals surface area contributed by atoms with Gasteiger partial charge in [-0.05, 0) is 60.5 Å². The number of anilines is 1. The van der Waals surface area contributed by atoms with Crippen LogP contribution in [-0.4, -0.2) is 18.1 Å². The van der Waals surface area contributed by atoms with Gasteiger partial charge in [0.15, 0.2) is 5.11 Å². The van der Waals surface area contributed by atoms with Crippen molar-refractivity contribution in [2.24, 2.45) is 11.3 Å². The quantitative estimate of drug-likeness (QED) is 0.494. The summed E-state index contributed by atoms with van der Waals surface area (Å²) in [6, 6.07) is 5.26. The van der Waals surface area contributed by atoms with E-state index in [0.717, 1.165) is 24.8 Å². The Kier molecular flexibility index (Phi) is 7.17. The highest BCUT2D eigenvalue weighted by Gasteiger charge is 2.32. The van der Waals surface area contributed by atoms with Crippen molar-refractivity contribution in [3.8, 4) is 11.8 Å². The summed E-state index contributed by atoms with van der Waals surface area (Å²) in [7, 11) is 1.42. The lowest BCUT2D eigenvalue weighted by Gasteiger charge is -2.33. The average molecular weight is 496 g/mol. The first-order valence-corrected chi connectivity index (χ1v) is 11.7. The van der Waals surface area contributed by atoms with Crippen molar-refractivity contribution in [2.75, 3.05) is 12.4 Å². The van der Waals surface area contributed by atoms with Crippen LogP contribution in [0.15, 0.2) is 12.1 Å². The normalized spacial score (nSPS) is 15.6. The van der Waals surface area contributed by atoms with Gasteiger partial charge in [-0.2, -0.15) is 5.26 Å². The number of hydrogen-bond acceptors (Lipinski definition) is 5. The average Bonchev–Trinajstić information content (AvgIpc) is 3.02. The smallest absolute Gasteiger partial charge is 0.261 e. The van der Waals surface area contributed by atoms with Gasteiger partial charge in [0.1, 0.15) is 16.8 Å². The highest BCUT2D eigenvalue weighted by Crippen LogP contribution is 2.44. The van der Waals surface area contributed by atoms with Crippen molar-refractivity contribution >= 4 is 62.8 Å². The second-order valence-electron chi connectivity index (χ2n) is 8.50. The van der Waals surface area contributed by atoms with E-state index in [9.17, 15) is 10.1 Å². The number of carbonyl (C=O) groups excluding carboxylic acids is 1. The molecule has 0 spiro atoms. The van der Waals surface area contributed by atoms with Gasteiger partial charge in [0, 0.05) is 9.90 Å². The fraction of sp³-hybridized carbons (Fsp3) is 0.409. The fourth-order valence-electron chi connectivity index (χ4n) is 3.77. The number of rotatable bonds is 3. The number of carbonyl (C=O) groups is 1. The predicted molar refractivity (Wildman–Crippen MR) is 131 cm³/mol. The van der Waals surface area contributed by atoms with Crippen molar-refractivity contribution in [1.29, 1.82) is 5.26 Å². The van der Waals surface area contributed by atoms with Crippen LogP contribution < -0.4 is 15.4 Å². The Morgan fingerprint density at radius 1 is 1.35 bits per heavy atom. The third kappa shape index (κ3) is 5.15. The van der Waals surface area contributed by atoms with Crippen molar-refractivity contribution in [3.05, 3.63) is 43.7 Å². The van der Waals surface area contributed by atoms with Crippen LogP contribution >= 0.6 is 46.8 Å². The number of thiocarbonyl (C=S) groups is 1. The summed E-state index contributed by atoms with van der Waals surface area (Å²) < 4.78 is 5.23. The first-order chi connectivity index (χ1) is 14.5. The number of nitrogens with zero attached hydrogens (tertiary/aromatic N) is 1. The zero-order valence-electron chi connectivity index (χ0n) is 17.7. The summed E-state index contributed by atoms with van der Waals surface area (Å²) in [5, 5.41) is 16.7. The number of methoxy groups -OCH3 is 1. The van der Waals surface area contributed by atoms with E-state index in [1.165, 1.54) is 35.5 Å². The van der Waals surface area contributed by atoms with E-state index in [4.69, 9.17) is 40.2 Å². The standard InChI is InChI=1S/C22H23Cl2N3O2S2/c1-22(2,3)11-5-6-13-15(10-25)20(31-17(13)7-11)27-21(30)26-19(28)14-8-12(23)9-16(24)18(14)29-4/h8-9,11H,5-7H2,1-4H3,(H2,26,27,28,30). The molecule has 1 heterocycles. The summed E-state index contributed by atoms with van der Waals surface area (Å²) in [4.78, 5) is 13.9. The first kappa shape index (κ1) is 23.8. The molecule has 164 valence electrons. The molecule has 0 saturated carbocycles. The fourth-order valence-corrected chi connectivity index (χ4v) is 5.88. The number of ether oxygens (including phenoxy) is 1. The van der Waals surface area contributed by atoms with Crippen LogP contribution in [-0.2, 0) is 12.8 Å². The SMILES string of the molecule is COc1c(Cl)cc(Cl)cc1C(=O)NC(=S)Nc1sc2c(c1C#N)CCC(C(C)(C)C)C2. The van der Waals surface area contributed by atoms with E-state index in [0.29, 0.717) is 21.5 Å². The molecule has 31 heavy (non-hydrogen) atoms. The van der Waals surface area contributed by atoms with Crippen LogP contribution in [0, 0.1) is 22.7 Å². The summed E-state index contributed by atoms with van der Waals surface area (Å²) in [5.74, 6) is 0.264. The van der Waals surface area contributed by atoms with Crippen molar-refractivity contribution in [2.45, 2.75) is 40.0 Å². The minimum absolute atomic E-state index is 0.0885.